The standard InChI is InChI=1S/C30H31F4NO4S/c1-18-6-7-20(31)14-26(18)38-17-24-22(10-11-25-28(24)19(2)16-29(3,4)35-25)23-9-8-21(15-27(23)37-5)39-40(36)13-12-30(32,33)34/h6-11,14-16,35H,12-13,17H2,1-5H3/p+1. The van der Waals surface area contributed by atoms with Crippen LogP contribution in [-0.2, 0) is 21.9 Å². The number of ether oxygens (including phenoxy) is 2. The Kier molecular flexibility index (Phi) is 8.49. The second-order valence-electron chi connectivity index (χ2n) is 10.3. The van der Waals surface area contributed by atoms with Crippen molar-refractivity contribution in [2.24, 2.45) is 0 Å². The molecule has 0 spiro atoms. The zero-order valence-corrected chi connectivity index (χ0v) is 23.8. The lowest BCUT2D eigenvalue weighted by Crippen LogP contribution is -2.32. The van der Waals surface area contributed by atoms with E-state index in [1.54, 1.807) is 18.2 Å². The van der Waals surface area contributed by atoms with E-state index in [1.807, 2.05) is 26.0 Å². The summed E-state index contributed by atoms with van der Waals surface area (Å²) in [7, 11) is 1.46. The van der Waals surface area contributed by atoms with Gasteiger partial charge in [0.2, 0.25) is 11.1 Å². The van der Waals surface area contributed by atoms with E-state index >= 15 is 0 Å². The quantitative estimate of drug-likeness (QED) is 0.159. The Morgan fingerprint density at radius 3 is 2.40 bits per heavy atom. The van der Waals surface area contributed by atoms with Gasteiger partial charge in [0.25, 0.3) is 0 Å². The van der Waals surface area contributed by atoms with Gasteiger partial charge in [-0.3, -0.25) is 4.18 Å². The SMILES string of the molecule is COc1cc(O[SH+](=O)CCC(F)(F)F)ccc1-c1ccc2c(c1COc1cc(F)ccc1C)C(C)=CC(C)(C)N2. The van der Waals surface area contributed by atoms with Gasteiger partial charge in [-0.25, -0.2) is 4.39 Å². The third-order valence-electron chi connectivity index (χ3n) is 6.51. The number of halogens is 4. The van der Waals surface area contributed by atoms with Crippen LogP contribution in [0.2, 0.25) is 0 Å². The van der Waals surface area contributed by atoms with E-state index in [0.29, 0.717) is 17.1 Å². The molecule has 1 atom stereocenters. The van der Waals surface area contributed by atoms with Crippen LogP contribution in [0.3, 0.4) is 0 Å². The summed E-state index contributed by atoms with van der Waals surface area (Å²) in [6.07, 6.45) is -3.48. The van der Waals surface area contributed by atoms with Crippen molar-refractivity contribution in [3.05, 3.63) is 77.1 Å². The first-order valence-electron chi connectivity index (χ1n) is 12.7. The van der Waals surface area contributed by atoms with Crippen LogP contribution in [0.15, 0.2) is 54.6 Å². The van der Waals surface area contributed by atoms with E-state index < -0.39 is 35.2 Å². The van der Waals surface area contributed by atoms with Gasteiger partial charge < -0.3 is 14.8 Å². The van der Waals surface area contributed by atoms with Crippen molar-refractivity contribution in [3.63, 3.8) is 0 Å². The molecule has 1 aliphatic heterocycles. The van der Waals surface area contributed by atoms with Crippen molar-refractivity contribution < 1.29 is 35.4 Å². The number of aryl methyl sites for hydroxylation is 1. The summed E-state index contributed by atoms with van der Waals surface area (Å²) in [5.41, 5.74) is 5.72. The fourth-order valence-electron chi connectivity index (χ4n) is 4.81. The smallest absolute Gasteiger partial charge is 0.393 e. The molecule has 40 heavy (non-hydrogen) atoms. The van der Waals surface area contributed by atoms with Gasteiger partial charge in [0.05, 0.1) is 19.1 Å². The van der Waals surface area contributed by atoms with E-state index in [1.165, 1.54) is 25.3 Å². The highest BCUT2D eigenvalue weighted by Gasteiger charge is 2.31. The van der Waals surface area contributed by atoms with Gasteiger partial charge in [-0.15, -0.1) is 0 Å². The Bertz CT molecular complexity index is 1470. The average molecular weight is 579 g/mol. The summed E-state index contributed by atoms with van der Waals surface area (Å²) in [6.45, 7) is 8.13. The molecule has 1 aliphatic rings. The van der Waals surface area contributed by atoms with Gasteiger partial charge >= 0.3 is 6.18 Å². The first kappa shape index (κ1) is 29.5. The maximum Gasteiger partial charge on any atom is 0.393 e. The van der Waals surface area contributed by atoms with Crippen LogP contribution in [0.25, 0.3) is 16.7 Å². The van der Waals surface area contributed by atoms with Crippen LogP contribution in [0.4, 0.5) is 23.2 Å². The van der Waals surface area contributed by atoms with E-state index in [-0.39, 0.29) is 17.9 Å². The fourth-order valence-corrected chi connectivity index (χ4v) is 5.69. The summed E-state index contributed by atoms with van der Waals surface area (Å²) >= 11 is -2.56. The number of allylic oxidation sites excluding steroid dienone is 1. The first-order chi connectivity index (χ1) is 18.8. The summed E-state index contributed by atoms with van der Waals surface area (Å²) in [6, 6.07) is 13.0. The minimum atomic E-state index is -4.42. The van der Waals surface area contributed by atoms with Crippen molar-refractivity contribution in [2.45, 2.75) is 52.4 Å². The van der Waals surface area contributed by atoms with Gasteiger partial charge in [0.15, 0.2) is 11.5 Å². The lowest BCUT2D eigenvalue weighted by Gasteiger charge is -2.33. The minimum absolute atomic E-state index is 0.126. The van der Waals surface area contributed by atoms with Gasteiger partial charge in [-0.2, -0.15) is 13.2 Å². The first-order valence-corrected chi connectivity index (χ1v) is 14.0. The molecule has 0 aromatic heterocycles. The maximum atomic E-state index is 14.0. The summed E-state index contributed by atoms with van der Waals surface area (Å²) in [5, 5.41) is 3.53. The zero-order chi connectivity index (χ0) is 29.2. The number of thiol groups is 1. The van der Waals surface area contributed by atoms with E-state index in [9.17, 15) is 21.8 Å². The molecule has 1 unspecified atom stereocenters. The molecule has 10 heteroatoms. The highest BCUT2D eigenvalue weighted by molar-refractivity contribution is 7.80. The molecule has 0 saturated heterocycles. The number of methoxy groups -OCH3 is 1. The van der Waals surface area contributed by atoms with Crippen LogP contribution in [-0.4, -0.2) is 24.6 Å². The summed E-state index contributed by atoms with van der Waals surface area (Å²) in [4.78, 5) is 0. The van der Waals surface area contributed by atoms with Crippen molar-refractivity contribution in [1.29, 1.82) is 0 Å². The molecule has 5 nitrogen and oxygen atoms in total. The zero-order valence-electron chi connectivity index (χ0n) is 22.9. The van der Waals surface area contributed by atoms with E-state index in [4.69, 9.17) is 13.7 Å². The molecular weight excluding hydrogens is 546 g/mol. The Balaban J connectivity index is 1.74. The number of hydrogen-bond acceptors (Lipinski definition) is 5. The molecule has 1 heterocycles. The number of alkyl halides is 3. The Labute approximate surface area is 233 Å². The molecule has 4 rings (SSSR count). The average Bonchev–Trinajstić information content (AvgIpc) is 2.86. The van der Waals surface area contributed by atoms with E-state index in [0.717, 1.165) is 33.5 Å². The van der Waals surface area contributed by atoms with Crippen LogP contribution in [0.5, 0.6) is 17.2 Å². The van der Waals surface area contributed by atoms with Crippen molar-refractivity contribution in [2.75, 3.05) is 18.2 Å². The molecule has 3 aromatic rings. The Morgan fingerprint density at radius 1 is 0.975 bits per heavy atom. The number of anilines is 1. The van der Waals surface area contributed by atoms with Crippen molar-refractivity contribution in [1.82, 2.24) is 0 Å². The predicted octanol–water partition coefficient (Wildman–Crippen LogP) is 7.94. The third-order valence-corrected chi connectivity index (χ3v) is 7.52. The second kappa shape index (κ2) is 11.5. The van der Waals surface area contributed by atoms with Crippen LogP contribution < -0.4 is 19.0 Å². The summed E-state index contributed by atoms with van der Waals surface area (Å²) in [5.74, 6) is -0.0991. The molecule has 0 fully saturated rings. The normalized spacial score (nSPS) is 15.0. The van der Waals surface area contributed by atoms with Crippen molar-refractivity contribution >= 4 is 22.3 Å². The Hall–Kier alpha value is -3.53. The molecule has 0 radical (unpaired) electrons. The van der Waals surface area contributed by atoms with Crippen molar-refractivity contribution in [3.8, 4) is 28.4 Å². The number of fused-ring (bicyclic) bond motifs is 1. The predicted molar refractivity (Wildman–Crippen MR) is 151 cm³/mol. The minimum Gasteiger partial charge on any atom is -0.496 e. The molecule has 0 bridgehead atoms. The fraction of sp³-hybridized carbons (Fsp3) is 0.333. The number of hydrogen-bond donors (Lipinski definition) is 1. The molecule has 0 saturated carbocycles. The lowest BCUT2D eigenvalue weighted by molar-refractivity contribution is -0.129. The summed E-state index contributed by atoms with van der Waals surface area (Å²) < 4.78 is 80.7. The molecule has 0 amide bonds. The number of rotatable bonds is 9. The van der Waals surface area contributed by atoms with Crippen LogP contribution >= 0.6 is 0 Å². The number of nitrogens with one attached hydrogen (secondary N) is 1. The molecule has 214 valence electrons. The molecule has 0 aliphatic carbocycles. The van der Waals surface area contributed by atoms with Gasteiger partial charge in [-0.05, 0) is 68.7 Å². The second-order valence-corrected chi connectivity index (χ2v) is 11.6. The van der Waals surface area contributed by atoms with Crippen LogP contribution in [0, 0.1) is 12.7 Å². The van der Waals surface area contributed by atoms with E-state index in [2.05, 4.69) is 25.2 Å². The van der Waals surface area contributed by atoms with Gasteiger partial charge in [-0.1, -0.05) is 22.4 Å². The lowest BCUT2D eigenvalue weighted by atomic mass is 9.85. The monoisotopic (exact) mass is 578 g/mol. The highest BCUT2D eigenvalue weighted by atomic mass is 32.2. The number of benzene rings is 3. The topological polar surface area (TPSA) is 56.8 Å². The third kappa shape index (κ3) is 6.96. The Morgan fingerprint density at radius 2 is 1.70 bits per heavy atom. The molecular formula is C30H32F4NO4S+. The van der Waals surface area contributed by atoms with Crippen LogP contribution in [0.1, 0.15) is 43.9 Å². The van der Waals surface area contributed by atoms with Gasteiger partial charge in [0, 0.05) is 34.5 Å². The molecule has 3 aromatic carbocycles. The van der Waals surface area contributed by atoms with Gasteiger partial charge in [0.1, 0.15) is 23.9 Å². The largest absolute Gasteiger partial charge is 0.496 e. The highest BCUT2D eigenvalue weighted by Crippen LogP contribution is 2.43. The maximum absolute atomic E-state index is 14.0. The molecule has 1 N–H and O–H groups in total.